The predicted octanol–water partition coefficient (Wildman–Crippen LogP) is 12.2. The lowest BCUT2D eigenvalue weighted by molar-refractivity contribution is 1.15. The molecule has 11 aromatic rings. The largest absolute Gasteiger partial charge is 0.309 e. The number of hydrogen-bond acceptors (Lipinski definition) is 0. The van der Waals surface area contributed by atoms with Gasteiger partial charge in [0.1, 0.15) is 0 Å². The number of nitrogens with zero attached hydrogens (tertiary/aromatic N) is 3. The third-order valence-electron chi connectivity index (χ3n) is 10.5. The van der Waals surface area contributed by atoms with Gasteiger partial charge in [-0.15, -0.1) is 0 Å². The molecule has 0 saturated carbocycles. The van der Waals surface area contributed by atoms with E-state index < -0.39 is 0 Å². The molecule has 0 amide bonds. The predicted molar refractivity (Wildman–Crippen MR) is 213 cm³/mol. The van der Waals surface area contributed by atoms with Crippen molar-refractivity contribution in [3.05, 3.63) is 188 Å². The van der Waals surface area contributed by atoms with Crippen molar-refractivity contribution in [3.8, 4) is 28.2 Å². The van der Waals surface area contributed by atoms with Crippen LogP contribution in [0.4, 0.5) is 0 Å². The minimum absolute atomic E-state index is 1.08. The van der Waals surface area contributed by atoms with E-state index in [1.807, 2.05) is 6.07 Å². The fourth-order valence-corrected chi connectivity index (χ4v) is 8.40. The van der Waals surface area contributed by atoms with Crippen molar-refractivity contribution in [3.63, 3.8) is 0 Å². The molecule has 0 atom stereocenters. The van der Waals surface area contributed by atoms with E-state index in [4.69, 9.17) is 0 Å². The minimum atomic E-state index is 1.08. The third-order valence-corrected chi connectivity index (χ3v) is 10.5. The summed E-state index contributed by atoms with van der Waals surface area (Å²) in [6.07, 6.45) is 0. The summed E-state index contributed by atoms with van der Waals surface area (Å²) < 4.78 is 7.23. The Morgan fingerprint density at radius 2 is 0.784 bits per heavy atom. The van der Waals surface area contributed by atoms with Gasteiger partial charge in [0.15, 0.2) is 0 Å². The average Bonchev–Trinajstić information content (AvgIpc) is 3.83. The smallest absolute Gasteiger partial charge is 0.0632 e. The zero-order valence-corrected chi connectivity index (χ0v) is 27.6. The van der Waals surface area contributed by atoms with Crippen LogP contribution in [0.3, 0.4) is 0 Å². The summed E-state index contributed by atoms with van der Waals surface area (Å²) in [5.41, 5.74) is 12.8. The Balaban J connectivity index is 1.17. The number of para-hydroxylation sites is 6. The summed E-state index contributed by atoms with van der Waals surface area (Å²) in [5, 5.41) is 7.24. The van der Waals surface area contributed by atoms with Gasteiger partial charge in [0.2, 0.25) is 0 Å². The Morgan fingerprint density at radius 1 is 0.333 bits per heavy atom. The molecular formula is C48H29N3. The lowest BCUT2D eigenvalue weighted by Crippen LogP contribution is -2.01. The number of benzene rings is 7. The maximum Gasteiger partial charge on any atom is 0.0632 e. The Labute approximate surface area is 294 Å². The number of hydrogen-bond donors (Lipinski definition) is 0. The second-order valence-electron chi connectivity index (χ2n) is 13.2. The normalized spacial score (nSPS) is 11.8. The van der Waals surface area contributed by atoms with Crippen molar-refractivity contribution in [2.24, 2.45) is 0 Å². The monoisotopic (exact) mass is 647 g/mol. The number of fused-ring (bicyclic) bond motifs is 9. The van der Waals surface area contributed by atoms with Gasteiger partial charge in [-0.05, 0) is 66.7 Å². The van der Waals surface area contributed by atoms with Crippen LogP contribution in [0.15, 0.2) is 176 Å². The summed E-state index contributed by atoms with van der Waals surface area (Å²) in [6, 6.07) is 70.1. The molecule has 0 N–H and O–H groups in total. The highest BCUT2D eigenvalue weighted by atomic mass is 15.0. The first-order valence-corrected chi connectivity index (χ1v) is 17.4. The van der Waals surface area contributed by atoms with Crippen molar-refractivity contribution < 1.29 is 0 Å². The molecule has 3 nitrogen and oxygen atoms in total. The zero-order valence-electron chi connectivity index (χ0n) is 27.6. The molecular weight excluding hydrogens is 619 g/mol. The average molecular weight is 648 g/mol. The molecule has 8 aromatic carbocycles. The molecule has 3 heterocycles. The molecule has 0 spiro atoms. The minimum Gasteiger partial charge on any atom is -0.309 e. The Morgan fingerprint density at radius 3 is 1.41 bits per heavy atom. The molecule has 3 heteroatoms. The first-order chi connectivity index (χ1) is 25.3. The molecule has 0 aliphatic heterocycles. The summed E-state index contributed by atoms with van der Waals surface area (Å²) in [4.78, 5) is 0. The van der Waals surface area contributed by atoms with Gasteiger partial charge < -0.3 is 13.7 Å². The van der Waals surface area contributed by atoms with Crippen molar-refractivity contribution in [2.45, 2.75) is 0 Å². The number of rotatable bonds is 4. The van der Waals surface area contributed by atoms with E-state index in [0.717, 1.165) is 39.0 Å². The Hall–Kier alpha value is -7.02. The fourth-order valence-electron chi connectivity index (χ4n) is 8.40. The van der Waals surface area contributed by atoms with Crippen LogP contribution < -0.4 is 0 Å². The maximum absolute atomic E-state index is 3.40. The summed E-state index contributed by atoms with van der Waals surface area (Å²) in [5.74, 6) is 0. The standard InChI is InChI=1S/C48H29N3/c1-8-22-41-33(15-1)34-16-2-9-23-42(34)49(41)32-29-30-48-40(31-32)39-21-7-14-28-47(39)51(48)46-27-13-6-20-38(46)37-19-5-12-26-45(37)50-43-24-10-3-17-35(43)36-18-4-11-25-44(36)50/h1-3,5-17,19-31H. The molecule has 0 aliphatic rings. The lowest BCUT2D eigenvalue weighted by atomic mass is 10.0. The van der Waals surface area contributed by atoms with Crippen LogP contribution in [-0.2, 0) is 0 Å². The highest BCUT2D eigenvalue weighted by Gasteiger charge is 2.20. The van der Waals surface area contributed by atoms with Crippen LogP contribution in [0, 0.1) is 12.1 Å². The molecule has 0 bridgehead atoms. The van der Waals surface area contributed by atoms with Crippen molar-refractivity contribution in [1.82, 2.24) is 13.7 Å². The highest BCUT2D eigenvalue weighted by molar-refractivity contribution is 6.13. The second-order valence-corrected chi connectivity index (χ2v) is 13.2. The van der Waals surface area contributed by atoms with Crippen molar-refractivity contribution in [2.75, 3.05) is 0 Å². The van der Waals surface area contributed by atoms with Gasteiger partial charge in [-0.2, -0.15) is 0 Å². The fraction of sp³-hybridized carbons (Fsp3) is 0. The molecule has 3 aromatic heterocycles. The van der Waals surface area contributed by atoms with Gasteiger partial charge in [0, 0.05) is 43.7 Å². The molecule has 11 rings (SSSR count). The van der Waals surface area contributed by atoms with Crippen molar-refractivity contribution in [1.29, 1.82) is 0 Å². The van der Waals surface area contributed by atoms with E-state index in [1.54, 1.807) is 0 Å². The summed E-state index contributed by atoms with van der Waals surface area (Å²) in [7, 11) is 0. The summed E-state index contributed by atoms with van der Waals surface area (Å²) in [6.45, 7) is 0. The lowest BCUT2D eigenvalue weighted by Gasteiger charge is -2.18. The second kappa shape index (κ2) is 10.7. The van der Waals surface area contributed by atoms with Gasteiger partial charge in [0.25, 0.3) is 0 Å². The van der Waals surface area contributed by atoms with E-state index >= 15 is 0 Å². The molecule has 0 fully saturated rings. The quantitative estimate of drug-likeness (QED) is 0.181. The van der Waals surface area contributed by atoms with Crippen LogP contribution in [0.25, 0.3) is 93.6 Å². The first-order valence-electron chi connectivity index (χ1n) is 17.4. The first kappa shape index (κ1) is 27.9. The van der Waals surface area contributed by atoms with Crippen LogP contribution in [-0.4, -0.2) is 13.7 Å². The molecule has 0 unspecified atom stereocenters. The van der Waals surface area contributed by atoms with E-state index in [9.17, 15) is 0 Å². The van der Waals surface area contributed by atoms with Gasteiger partial charge in [-0.3, -0.25) is 0 Å². The zero-order chi connectivity index (χ0) is 33.5. The molecule has 0 radical (unpaired) electrons. The van der Waals surface area contributed by atoms with Gasteiger partial charge in [-0.1, -0.05) is 121 Å². The Bertz CT molecular complexity index is 3040. The van der Waals surface area contributed by atoms with Crippen LogP contribution in [0.1, 0.15) is 0 Å². The maximum atomic E-state index is 3.40. The van der Waals surface area contributed by atoms with Crippen LogP contribution >= 0.6 is 0 Å². The van der Waals surface area contributed by atoms with E-state index in [1.165, 1.54) is 54.6 Å². The summed E-state index contributed by atoms with van der Waals surface area (Å²) >= 11 is 0. The third kappa shape index (κ3) is 3.96. The van der Waals surface area contributed by atoms with Gasteiger partial charge in [0.05, 0.1) is 49.9 Å². The molecule has 0 saturated heterocycles. The SMILES string of the molecule is c1ccc2c(c#1)c1ccccc1n2-c1ccccc1-c1ccccc1-n1c2ccccc2c2cc(-n3c4ccccc4c4ccccc43)ccc21. The van der Waals surface area contributed by atoms with Crippen molar-refractivity contribution >= 4 is 65.4 Å². The number of aromatic nitrogens is 3. The highest BCUT2D eigenvalue weighted by Crippen LogP contribution is 2.41. The van der Waals surface area contributed by atoms with Gasteiger partial charge >= 0.3 is 0 Å². The molecule has 236 valence electrons. The Kier molecular flexibility index (Phi) is 5.87. The van der Waals surface area contributed by atoms with Crippen LogP contribution in [0.5, 0.6) is 0 Å². The van der Waals surface area contributed by atoms with E-state index in [0.29, 0.717) is 0 Å². The van der Waals surface area contributed by atoms with E-state index in [-0.39, 0.29) is 0 Å². The van der Waals surface area contributed by atoms with Crippen LogP contribution in [0.2, 0.25) is 0 Å². The topological polar surface area (TPSA) is 14.8 Å². The van der Waals surface area contributed by atoms with E-state index in [2.05, 4.69) is 196 Å². The molecule has 51 heavy (non-hydrogen) atoms. The molecule has 0 aliphatic carbocycles. The van der Waals surface area contributed by atoms with Gasteiger partial charge in [-0.25, -0.2) is 0 Å².